The standard InChI is InChI=1S/C13H17N3S2/c1-2-9(14)12-15-16-13(18-12)11-7-8-5-3-4-6-10(8)17-11/h7,9H,2-6,14H2,1H3. The first-order valence-electron chi connectivity index (χ1n) is 6.49. The summed E-state index contributed by atoms with van der Waals surface area (Å²) in [5.74, 6) is 0. The monoisotopic (exact) mass is 279 g/mol. The van der Waals surface area contributed by atoms with Crippen LogP contribution in [0.3, 0.4) is 0 Å². The highest BCUT2D eigenvalue weighted by Crippen LogP contribution is 2.37. The molecule has 0 bridgehead atoms. The lowest BCUT2D eigenvalue weighted by Crippen LogP contribution is -2.07. The van der Waals surface area contributed by atoms with Crippen LogP contribution in [-0.2, 0) is 12.8 Å². The van der Waals surface area contributed by atoms with Crippen molar-refractivity contribution in [2.24, 2.45) is 5.73 Å². The average Bonchev–Trinajstić information content (AvgIpc) is 3.03. The van der Waals surface area contributed by atoms with E-state index in [1.54, 1.807) is 16.2 Å². The molecule has 0 aliphatic heterocycles. The van der Waals surface area contributed by atoms with Crippen molar-refractivity contribution in [1.29, 1.82) is 0 Å². The second-order valence-electron chi connectivity index (χ2n) is 4.73. The van der Waals surface area contributed by atoms with Crippen LogP contribution in [0.1, 0.15) is 47.7 Å². The van der Waals surface area contributed by atoms with E-state index < -0.39 is 0 Å². The molecular formula is C13H17N3S2. The Labute approximate surface area is 115 Å². The molecule has 3 nitrogen and oxygen atoms in total. The topological polar surface area (TPSA) is 51.8 Å². The summed E-state index contributed by atoms with van der Waals surface area (Å²) >= 11 is 3.53. The second kappa shape index (κ2) is 5.07. The van der Waals surface area contributed by atoms with Gasteiger partial charge in [-0.15, -0.1) is 21.5 Å². The molecule has 2 aromatic heterocycles. The number of aryl methyl sites for hydroxylation is 2. The molecule has 2 N–H and O–H groups in total. The highest BCUT2D eigenvalue weighted by molar-refractivity contribution is 7.21. The smallest absolute Gasteiger partial charge is 0.157 e. The Hall–Kier alpha value is -0.780. The van der Waals surface area contributed by atoms with Gasteiger partial charge in [-0.05, 0) is 43.7 Å². The molecule has 2 aromatic rings. The van der Waals surface area contributed by atoms with Crippen LogP contribution in [0.25, 0.3) is 9.88 Å². The van der Waals surface area contributed by atoms with Crippen molar-refractivity contribution >= 4 is 22.7 Å². The van der Waals surface area contributed by atoms with Crippen LogP contribution in [0.4, 0.5) is 0 Å². The Kier molecular flexibility index (Phi) is 3.46. The van der Waals surface area contributed by atoms with Gasteiger partial charge in [-0.25, -0.2) is 0 Å². The molecule has 96 valence electrons. The highest BCUT2D eigenvalue weighted by atomic mass is 32.1. The van der Waals surface area contributed by atoms with Gasteiger partial charge in [0.1, 0.15) is 5.01 Å². The van der Waals surface area contributed by atoms with Gasteiger partial charge in [-0.3, -0.25) is 0 Å². The first-order valence-corrected chi connectivity index (χ1v) is 8.12. The highest BCUT2D eigenvalue weighted by Gasteiger charge is 2.17. The molecule has 1 unspecified atom stereocenters. The minimum Gasteiger partial charge on any atom is -0.322 e. The van der Waals surface area contributed by atoms with Crippen LogP contribution in [0, 0.1) is 0 Å². The molecule has 2 heterocycles. The van der Waals surface area contributed by atoms with Crippen molar-refractivity contribution in [3.63, 3.8) is 0 Å². The largest absolute Gasteiger partial charge is 0.322 e. The van der Waals surface area contributed by atoms with E-state index in [1.165, 1.54) is 36.1 Å². The minimum atomic E-state index is 0.0332. The molecule has 0 spiro atoms. The summed E-state index contributed by atoms with van der Waals surface area (Å²) in [4.78, 5) is 2.82. The summed E-state index contributed by atoms with van der Waals surface area (Å²) in [6.07, 6.45) is 6.03. The molecule has 1 atom stereocenters. The SMILES string of the molecule is CCC(N)c1nnc(-c2cc3c(s2)CCCC3)s1. The fourth-order valence-corrected chi connectivity index (χ4v) is 4.48. The predicted octanol–water partition coefficient (Wildman–Crippen LogP) is 3.56. The lowest BCUT2D eigenvalue weighted by Gasteiger charge is -2.08. The van der Waals surface area contributed by atoms with Gasteiger partial charge in [-0.2, -0.15) is 0 Å². The zero-order valence-corrected chi connectivity index (χ0v) is 12.1. The summed E-state index contributed by atoms with van der Waals surface area (Å²) < 4.78 is 0. The van der Waals surface area contributed by atoms with Crippen molar-refractivity contribution in [2.45, 2.75) is 45.1 Å². The van der Waals surface area contributed by atoms with Crippen molar-refractivity contribution in [3.8, 4) is 9.88 Å². The molecule has 18 heavy (non-hydrogen) atoms. The van der Waals surface area contributed by atoms with Gasteiger partial charge >= 0.3 is 0 Å². The molecule has 0 radical (unpaired) electrons. The van der Waals surface area contributed by atoms with Gasteiger partial charge < -0.3 is 5.73 Å². The number of nitrogens with two attached hydrogens (primary N) is 1. The molecule has 0 fully saturated rings. The average molecular weight is 279 g/mol. The fraction of sp³-hybridized carbons (Fsp3) is 0.538. The van der Waals surface area contributed by atoms with E-state index in [9.17, 15) is 0 Å². The number of rotatable bonds is 3. The van der Waals surface area contributed by atoms with Crippen LogP contribution in [0.5, 0.6) is 0 Å². The summed E-state index contributed by atoms with van der Waals surface area (Å²) in [7, 11) is 0. The van der Waals surface area contributed by atoms with Crippen molar-refractivity contribution < 1.29 is 0 Å². The maximum atomic E-state index is 5.99. The lowest BCUT2D eigenvalue weighted by atomic mass is 9.99. The molecule has 1 aliphatic carbocycles. The third-order valence-electron chi connectivity index (χ3n) is 3.41. The van der Waals surface area contributed by atoms with Crippen molar-refractivity contribution in [3.05, 3.63) is 21.5 Å². The summed E-state index contributed by atoms with van der Waals surface area (Å²) in [6, 6.07) is 2.34. The second-order valence-corrected chi connectivity index (χ2v) is 6.87. The van der Waals surface area contributed by atoms with Gasteiger partial charge in [-0.1, -0.05) is 18.3 Å². The minimum absolute atomic E-state index is 0.0332. The van der Waals surface area contributed by atoms with Gasteiger partial charge in [0.15, 0.2) is 5.01 Å². The third-order valence-corrected chi connectivity index (χ3v) is 5.87. The molecular weight excluding hydrogens is 262 g/mol. The Bertz CT molecular complexity index is 521. The van der Waals surface area contributed by atoms with E-state index in [1.807, 2.05) is 11.3 Å². The van der Waals surface area contributed by atoms with E-state index in [-0.39, 0.29) is 6.04 Å². The first-order chi connectivity index (χ1) is 8.78. The molecule has 1 aliphatic rings. The Morgan fingerprint density at radius 3 is 2.89 bits per heavy atom. The Morgan fingerprint density at radius 1 is 1.28 bits per heavy atom. The Balaban J connectivity index is 1.90. The van der Waals surface area contributed by atoms with Gasteiger partial charge in [0, 0.05) is 4.88 Å². The van der Waals surface area contributed by atoms with Crippen LogP contribution < -0.4 is 5.73 Å². The van der Waals surface area contributed by atoms with E-state index >= 15 is 0 Å². The van der Waals surface area contributed by atoms with Gasteiger partial charge in [0.2, 0.25) is 0 Å². The van der Waals surface area contributed by atoms with Gasteiger partial charge in [0.25, 0.3) is 0 Å². The molecule has 0 saturated heterocycles. The van der Waals surface area contributed by atoms with Crippen LogP contribution in [0.15, 0.2) is 6.07 Å². The van der Waals surface area contributed by atoms with Gasteiger partial charge in [0.05, 0.1) is 10.9 Å². The third kappa shape index (κ3) is 2.22. The maximum absolute atomic E-state index is 5.99. The van der Waals surface area contributed by atoms with Crippen molar-refractivity contribution in [2.75, 3.05) is 0 Å². The molecule has 5 heteroatoms. The Morgan fingerprint density at radius 2 is 2.11 bits per heavy atom. The quantitative estimate of drug-likeness (QED) is 0.934. The number of fused-ring (bicyclic) bond motifs is 1. The fourth-order valence-electron chi connectivity index (χ4n) is 2.25. The van der Waals surface area contributed by atoms with E-state index in [4.69, 9.17) is 5.73 Å². The number of thiophene rings is 1. The maximum Gasteiger partial charge on any atom is 0.157 e. The first kappa shape index (κ1) is 12.3. The number of hydrogen-bond donors (Lipinski definition) is 1. The summed E-state index contributed by atoms with van der Waals surface area (Å²) in [5, 5.41) is 10.5. The van der Waals surface area contributed by atoms with Crippen LogP contribution >= 0.6 is 22.7 Å². The number of aromatic nitrogens is 2. The summed E-state index contributed by atoms with van der Waals surface area (Å²) in [5.41, 5.74) is 7.52. The zero-order valence-electron chi connectivity index (χ0n) is 10.5. The normalized spacial score (nSPS) is 16.6. The molecule has 0 amide bonds. The van der Waals surface area contributed by atoms with Crippen LogP contribution in [-0.4, -0.2) is 10.2 Å². The van der Waals surface area contributed by atoms with Crippen LogP contribution in [0.2, 0.25) is 0 Å². The molecule has 0 aromatic carbocycles. The van der Waals surface area contributed by atoms with E-state index in [0.717, 1.165) is 16.4 Å². The molecule has 3 rings (SSSR count). The molecule has 0 saturated carbocycles. The van der Waals surface area contributed by atoms with E-state index in [2.05, 4.69) is 23.2 Å². The number of hydrogen-bond acceptors (Lipinski definition) is 5. The lowest BCUT2D eigenvalue weighted by molar-refractivity contribution is 0.683. The van der Waals surface area contributed by atoms with E-state index in [0.29, 0.717) is 0 Å². The summed E-state index contributed by atoms with van der Waals surface area (Å²) in [6.45, 7) is 2.08. The number of nitrogens with zero attached hydrogens (tertiary/aromatic N) is 2. The zero-order chi connectivity index (χ0) is 12.5. The van der Waals surface area contributed by atoms with Crippen molar-refractivity contribution in [1.82, 2.24) is 10.2 Å². The predicted molar refractivity (Wildman–Crippen MR) is 77.1 cm³/mol.